The molecule has 1 nitrogen and oxygen atoms in total. The van der Waals surface area contributed by atoms with Gasteiger partial charge in [0.15, 0.2) is 0 Å². The SMILES string of the molecule is CCCNC(CC(C)CC(C)(C)C)c1ccc(C)s1. The highest BCUT2D eigenvalue weighted by atomic mass is 32.1. The zero-order chi connectivity index (χ0) is 14.5. The van der Waals surface area contributed by atoms with Gasteiger partial charge in [-0.05, 0) is 56.2 Å². The largest absolute Gasteiger partial charge is 0.309 e. The highest BCUT2D eigenvalue weighted by Crippen LogP contribution is 2.32. The lowest BCUT2D eigenvalue weighted by Crippen LogP contribution is -2.24. The van der Waals surface area contributed by atoms with E-state index < -0.39 is 0 Å². The molecule has 1 heterocycles. The van der Waals surface area contributed by atoms with E-state index in [-0.39, 0.29) is 0 Å². The molecule has 2 heteroatoms. The maximum absolute atomic E-state index is 3.73. The average Bonchev–Trinajstić information content (AvgIpc) is 2.68. The number of thiophene rings is 1. The first-order valence-electron chi connectivity index (χ1n) is 7.61. The normalized spacial score (nSPS) is 15.5. The predicted molar refractivity (Wildman–Crippen MR) is 87.9 cm³/mol. The minimum atomic E-state index is 0.431. The van der Waals surface area contributed by atoms with E-state index in [2.05, 4.69) is 59.0 Å². The van der Waals surface area contributed by atoms with E-state index in [1.807, 2.05) is 11.3 Å². The summed E-state index contributed by atoms with van der Waals surface area (Å²) in [5, 5.41) is 3.73. The van der Waals surface area contributed by atoms with Gasteiger partial charge in [0.25, 0.3) is 0 Å². The monoisotopic (exact) mass is 281 g/mol. The standard InChI is InChI=1S/C17H31NS/c1-7-10-18-15(16-9-8-14(3)19-16)11-13(2)12-17(4,5)6/h8-9,13,15,18H,7,10-12H2,1-6H3. The Labute approximate surface area is 123 Å². The highest BCUT2D eigenvalue weighted by Gasteiger charge is 2.20. The molecular formula is C17H31NS. The number of rotatable bonds is 7. The Morgan fingerprint density at radius 2 is 1.95 bits per heavy atom. The second-order valence-corrected chi connectivity index (χ2v) is 8.38. The quantitative estimate of drug-likeness (QED) is 0.690. The molecule has 19 heavy (non-hydrogen) atoms. The van der Waals surface area contributed by atoms with Gasteiger partial charge in [-0.1, -0.05) is 34.6 Å². The third kappa shape index (κ3) is 6.58. The second kappa shape index (κ2) is 7.44. The molecule has 1 aromatic heterocycles. The van der Waals surface area contributed by atoms with Crippen LogP contribution in [-0.2, 0) is 0 Å². The molecule has 1 N–H and O–H groups in total. The van der Waals surface area contributed by atoms with Crippen LogP contribution in [0, 0.1) is 18.3 Å². The smallest absolute Gasteiger partial charge is 0.0417 e. The molecule has 0 fully saturated rings. The molecule has 0 amide bonds. The van der Waals surface area contributed by atoms with Crippen molar-refractivity contribution >= 4 is 11.3 Å². The molecule has 2 atom stereocenters. The van der Waals surface area contributed by atoms with E-state index in [0.29, 0.717) is 11.5 Å². The lowest BCUT2D eigenvalue weighted by atomic mass is 9.83. The van der Waals surface area contributed by atoms with E-state index in [0.717, 1.165) is 12.5 Å². The van der Waals surface area contributed by atoms with Crippen LogP contribution in [0.5, 0.6) is 0 Å². The van der Waals surface area contributed by atoms with E-state index in [1.54, 1.807) is 0 Å². The van der Waals surface area contributed by atoms with Crippen molar-refractivity contribution in [3.05, 3.63) is 21.9 Å². The Morgan fingerprint density at radius 1 is 1.26 bits per heavy atom. The minimum Gasteiger partial charge on any atom is -0.309 e. The highest BCUT2D eigenvalue weighted by molar-refractivity contribution is 7.12. The molecule has 0 aromatic carbocycles. The van der Waals surface area contributed by atoms with Crippen LogP contribution in [0.4, 0.5) is 0 Å². The second-order valence-electron chi connectivity index (χ2n) is 7.06. The molecule has 0 aliphatic rings. The Hall–Kier alpha value is -0.340. The van der Waals surface area contributed by atoms with Crippen molar-refractivity contribution in [2.45, 2.75) is 66.8 Å². The topological polar surface area (TPSA) is 12.0 Å². The van der Waals surface area contributed by atoms with Gasteiger partial charge in [0.05, 0.1) is 0 Å². The van der Waals surface area contributed by atoms with Crippen LogP contribution in [0.15, 0.2) is 12.1 Å². The van der Waals surface area contributed by atoms with Crippen molar-refractivity contribution in [3.8, 4) is 0 Å². The Kier molecular flexibility index (Phi) is 6.55. The first-order valence-corrected chi connectivity index (χ1v) is 8.43. The summed E-state index contributed by atoms with van der Waals surface area (Å²) < 4.78 is 0. The molecule has 0 radical (unpaired) electrons. The molecule has 0 bridgehead atoms. The van der Waals surface area contributed by atoms with Gasteiger partial charge >= 0.3 is 0 Å². The van der Waals surface area contributed by atoms with Gasteiger partial charge in [-0.3, -0.25) is 0 Å². The van der Waals surface area contributed by atoms with E-state index in [1.165, 1.54) is 29.0 Å². The van der Waals surface area contributed by atoms with Crippen LogP contribution < -0.4 is 5.32 Å². The maximum atomic E-state index is 3.73. The number of aryl methyl sites for hydroxylation is 1. The number of hydrogen-bond donors (Lipinski definition) is 1. The first kappa shape index (κ1) is 16.7. The van der Waals surface area contributed by atoms with E-state index in [4.69, 9.17) is 0 Å². The summed E-state index contributed by atoms with van der Waals surface area (Å²) in [6.45, 7) is 15.0. The van der Waals surface area contributed by atoms with Crippen LogP contribution in [0.2, 0.25) is 0 Å². The fourth-order valence-electron chi connectivity index (χ4n) is 2.79. The fraction of sp³-hybridized carbons (Fsp3) is 0.765. The van der Waals surface area contributed by atoms with Crippen molar-refractivity contribution in [1.82, 2.24) is 5.32 Å². The lowest BCUT2D eigenvalue weighted by Gasteiger charge is -2.27. The van der Waals surface area contributed by atoms with Crippen LogP contribution in [0.3, 0.4) is 0 Å². The summed E-state index contributed by atoms with van der Waals surface area (Å²) in [4.78, 5) is 2.92. The third-order valence-corrected chi connectivity index (χ3v) is 4.46. The molecule has 0 saturated carbocycles. The predicted octanol–water partition coefficient (Wildman–Crippen LogP) is 5.56. The minimum absolute atomic E-state index is 0.431. The van der Waals surface area contributed by atoms with Crippen molar-refractivity contribution < 1.29 is 0 Å². The summed E-state index contributed by atoms with van der Waals surface area (Å²) in [5.41, 5.74) is 0.431. The van der Waals surface area contributed by atoms with Gasteiger partial charge in [-0.15, -0.1) is 11.3 Å². The molecule has 1 aromatic rings. The molecule has 1 rings (SSSR count). The van der Waals surface area contributed by atoms with Crippen molar-refractivity contribution in [3.63, 3.8) is 0 Å². The third-order valence-electron chi connectivity index (χ3n) is 3.34. The Bertz CT molecular complexity index is 362. The number of nitrogens with one attached hydrogen (secondary N) is 1. The van der Waals surface area contributed by atoms with Crippen LogP contribution in [-0.4, -0.2) is 6.54 Å². The molecule has 110 valence electrons. The van der Waals surface area contributed by atoms with Crippen molar-refractivity contribution in [2.24, 2.45) is 11.3 Å². The van der Waals surface area contributed by atoms with Gasteiger partial charge in [0.2, 0.25) is 0 Å². The summed E-state index contributed by atoms with van der Waals surface area (Å²) in [6, 6.07) is 5.09. The van der Waals surface area contributed by atoms with Gasteiger partial charge in [0.1, 0.15) is 0 Å². The van der Waals surface area contributed by atoms with Crippen molar-refractivity contribution in [2.75, 3.05) is 6.54 Å². The van der Waals surface area contributed by atoms with Gasteiger partial charge in [-0.2, -0.15) is 0 Å². The first-order chi connectivity index (χ1) is 8.81. The molecular weight excluding hydrogens is 250 g/mol. The van der Waals surface area contributed by atoms with Crippen LogP contribution in [0.25, 0.3) is 0 Å². The van der Waals surface area contributed by atoms with E-state index in [9.17, 15) is 0 Å². The fourth-order valence-corrected chi connectivity index (χ4v) is 3.76. The summed E-state index contributed by atoms with van der Waals surface area (Å²) >= 11 is 1.94. The zero-order valence-corrected chi connectivity index (χ0v) is 14.4. The zero-order valence-electron chi connectivity index (χ0n) is 13.5. The summed E-state index contributed by atoms with van der Waals surface area (Å²) in [6.07, 6.45) is 3.74. The van der Waals surface area contributed by atoms with E-state index >= 15 is 0 Å². The molecule has 0 aliphatic carbocycles. The molecule has 2 unspecified atom stereocenters. The number of hydrogen-bond acceptors (Lipinski definition) is 2. The Balaban J connectivity index is 2.64. The maximum Gasteiger partial charge on any atom is 0.0417 e. The summed E-state index contributed by atoms with van der Waals surface area (Å²) in [5.74, 6) is 0.761. The van der Waals surface area contributed by atoms with Gasteiger partial charge < -0.3 is 5.32 Å². The van der Waals surface area contributed by atoms with Crippen LogP contribution >= 0.6 is 11.3 Å². The Morgan fingerprint density at radius 3 is 2.42 bits per heavy atom. The average molecular weight is 282 g/mol. The molecule has 0 aliphatic heterocycles. The molecule has 0 spiro atoms. The van der Waals surface area contributed by atoms with Gasteiger partial charge in [-0.25, -0.2) is 0 Å². The van der Waals surface area contributed by atoms with Gasteiger partial charge in [0, 0.05) is 15.8 Å². The summed E-state index contributed by atoms with van der Waals surface area (Å²) in [7, 11) is 0. The van der Waals surface area contributed by atoms with Crippen LogP contribution in [0.1, 0.15) is 69.7 Å². The lowest BCUT2D eigenvalue weighted by molar-refractivity contribution is 0.277. The van der Waals surface area contributed by atoms with Crippen molar-refractivity contribution in [1.29, 1.82) is 0 Å². The molecule has 0 saturated heterocycles.